The summed E-state index contributed by atoms with van der Waals surface area (Å²) in [7, 11) is 0. The highest BCUT2D eigenvalue weighted by Gasteiger charge is 2.31. The van der Waals surface area contributed by atoms with Gasteiger partial charge in [0.25, 0.3) is 5.91 Å². The molecule has 0 radical (unpaired) electrons. The number of carbonyl (C=O) groups is 2. The smallest absolute Gasteiger partial charge is 0.416 e. The number of nitrogens with one attached hydrogen (secondary N) is 2. The van der Waals surface area contributed by atoms with E-state index in [1.165, 1.54) is 30.3 Å². The van der Waals surface area contributed by atoms with Gasteiger partial charge in [0, 0.05) is 17.5 Å². The fourth-order valence-corrected chi connectivity index (χ4v) is 4.05. The largest absolute Gasteiger partial charge is 0.438 e. The molecule has 0 aliphatic heterocycles. The van der Waals surface area contributed by atoms with E-state index in [1.807, 2.05) is 0 Å². The molecule has 0 aliphatic carbocycles. The monoisotopic (exact) mass is 588 g/mol. The highest BCUT2D eigenvalue weighted by atomic mass is 35.5. The molecule has 214 valence electrons. The van der Waals surface area contributed by atoms with E-state index in [0.29, 0.717) is 0 Å². The maximum atomic E-state index is 15.4. The predicted octanol–water partition coefficient (Wildman–Crippen LogP) is 7.46. The fraction of sp³-hybridized carbons (Fsp3) is 0.241. The van der Waals surface area contributed by atoms with Crippen molar-refractivity contribution in [3.05, 3.63) is 88.0 Å². The molecular formula is C29H25ClF4N4O3. The van der Waals surface area contributed by atoms with E-state index in [4.69, 9.17) is 16.3 Å². The third kappa shape index (κ3) is 6.74. The van der Waals surface area contributed by atoms with E-state index < -0.39 is 34.4 Å². The number of ether oxygens (including phenoxy) is 1. The van der Waals surface area contributed by atoms with Gasteiger partial charge < -0.3 is 15.4 Å². The van der Waals surface area contributed by atoms with Gasteiger partial charge in [0.2, 0.25) is 11.8 Å². The zero-order valence-corrected chi connectivity index (χ0v) is 23.2. The number of amides is 2. The van der Waals surface area contributed by atoms with Gasteiger partial charge in [-0.1, -0.05) is 50.6 Å². The Hall–Kier alpha value is -4.25. The van der Waals surface area contributed by atoms with E-state index in [2.05, 4.69) is 20.6 Å². The maximum Gasteiger partial charge on any atom is 0.416 e. The zero-order valence-electron chi connectivity index (χ0n) is 22.4. The van der Waals surface area contributed by atoms with Gasteiger partial charge in [-0.25, -0.2) is 9.37 Å². The first-order chi connectivity index (χ1) is 19.1. The average molecular weight is 589 g/mol. The number of carbonyl (C=O) groups excluding carboxylic acids is 2. The van der Waals surface area contributed by atoms with Gasteiger partial charge in [-0.3, -0.25) is 9.59 Å². The lowest BCUT2D eigenvalue weighted by molar-refractivity contribution is -0.137. The standard InChI is InChI=1S/C29H25ClF4N4O3/c1-15-36-24-19(26(37-15)41-18-8-5-7-17(13-18)29(32,33)34)9-6-10-21(24)38-25(39)22-20(30)12-11-16(23(22)31)14-35-27(40)28(2,3)4/h5-13H,14H2,1-4H3,(H,35,40)(H,38,39). The van der Waals surface area contributed by atoms with Crippen LogP contribution >= 0.6 is 11.6 Å². The fourth-order valence-electron chi connectivity index (χ4n) is 3.82. The molecule has 0 unspecified atom stereocenters. The summed E-state index contributed by atoms with van der Waals surface area (Å²) in [6.07, 6.45) is -4.56. The number of aryl methyl sites for hydroxylation is 1. The molecule has 3 aromatic carbocycles. The average Bonchev–Trinajstić information content (AvgIpc) is 2.87. The van der Waals surface area contributed by atoms with Crippen LogP contribution in [0.25, 0.3) is 10.9 Å². The molecule has 12 heteroatoms. The van der Waals surface area contributed by atoms with Gasteiger partial charge in [-0.2, -0.15) is 18.2 Å². The highest BCUT2D eigenvalue weighted by molar-refractivity contribution is 6.34. The van der Waals surface area contributed by atoms with Crippen molar-refractivity contribution in [1.82, 2.24) is 15.3 Å². The second-order valence-corrected chi connectivity index (χ2v) is 10.6. The molecule has 4 aromatic rings. The van der Waals surface area contributed by atoms with E-state index in [-0.39, 0.29) is 57.1 Å². The van der Waals surface area contributed by atoms with E-state index >= 15 is 4.39 Å². The lowest BCUT2D eigenvalue weighted by Gasteiger charge is -2.18. The van der Waals surface area contributed by atoms with Crippen LogP contribution in [0.5, 0.6) is 11.6 Å². The van der Waals surface area contributed by atoms with Crippen LogP contribution < -0.4 is 15.4 Å². The summed E-state index contributed by atoms with van der Waals surface area (Å²) in [6.45, 7) is 6.53. The molecule has 2 amide bonds. The summed E-state index contributed by atoms with van der Waals surface area (Å²) in [4.78, 5) is 34.0. The first-order valence-electron chi connectivity index (χ1n) is 12.3. The van der Waals surface area contributed by atoms with Crippen LogP contribution in [0.2, 0.25) is 5.02 Å². The molecule has 41 heavy (non-hydrogen) atoms. The molecule has 2 N–H and O–H groups in total. The molecule has 0 fully saturated rings. The molecular weight excluding hydrogens is 564 g/mol. The van der Waals surface area contributed by atoms with Crippen LogP contribution in [-0.2, 0) is 17.5 Å². The Balaban J connectivity index is 1.65. The highest BCUT2D eigenvalue weighted by Crippen LogP contribution is 2.35. The van der Waals surface area contributed by atoms with Crippen LogP contribution in [0.4, 0.5) is 23.2 Å². The topological polar surface area (TPSA) is 93.2 Å². The Kier molecular flexibility index (Phi) is 8.21. The predicted molar refractivity (Wildman–Crippen MR) is 146 cm³/mol. The Morgan fingerprint density at radius 1 is 1.00 bits per heavy atom. The van der Waals surface area contributed by atoms with Gasteiger partial charge in [0.15, 0.2) is 0 Å². The number of halogens is 5. The van der Waals surface area contributed by atoms with Crippen LogP contribution in [0.3, 0.4) is 0 Å². The van der Waals surface area contributed by atoms with Crippen LogP contribution in [-0.4, -0.2) is 21.8 Å². The number of fused-ring (bicyclic) bond motifs is 1. The van der Waals surface area contributed by atoms with Crippen LogP contribution in [0, 0.1) is 18.2 Å². The molecule has 0 saturated carbocycles. The lowest BCUT2D eigenvalue weighted by atomic mass is 9.95. The van der Waals surface area contributed by atoms with E-state index in [0.717, 1.165) is 12.1 Å². The minimum Gasteiger partial charge on any atom is -0.438 e. The summed E-state index contributed by atoms with van der Waals surface area (Å²) >= 11 is 6.19. The molecule has 0 atom stereocenters. The van der Waals surface area contributed by atoms with Crippen molar-refractivity contribution >= 4 is 40.0 Å². The van der Waals surface area contributed by atoms with Crippen LogP contribution in [0.15, 0.2) is 54.6 Å². The number of rotatable bonds is 6. The third-order valence-electron chi connectivity index (χ3n) is 5.95. The van der Waals surface area contributed by atoms with Crippen LogP contribution in [0.1, 0.15) is 48.1 Å². The summed E-state index contributed by atoms with van der Waals surface area (Å²) in [6, 6.07) is 11.7. The molecule has 0 saturated heterocycles. The summed E-state index contributed by atoms with van der Waals surface area (Å²) in [5.74, 6) is -2.00. The number of para-hydroxylation sites is 1. The minimum absolute atomic E-state index is 0.0382. The first-order valence-corrected chi connectivity index (χ1v) is 12.7. The van der Waals surface area contributed by atoms with Crippen molar-refractivity contribution < 1.29 is 31.9 Å². The van der Waals surface area contributed by atoms with Crippen molar-refractivity contribution in [2.45, 2.75) is 40.4 Å². The Labute approximate surface area is 237 Å². The van der Waals surface area contributed by atoms with Crippen molar-refractivity contribution in [1.29, 1.82) is 0 Å². The molecule has 4 rings (SSSR count). The second-order valence-electron chi connectivity index (χ2n) is 10.2. The van der Waals surface area contributed by atoms with Crippen molar-refractivity contribution in [3.63, 3.8) is 0 Å². The number of hydrogen-bond acceptors (Lipinski definition) is 5. The first kappa shape index (κ1) is 29.7. The summed E-state index contributed by atoms with van der Waals surface area (Å²) in [5.41, 5.74) is -1.59. The van der Waals surface area contributed by atoms with Crippen molar-refractivity contribution in [2.75, 3.05) is 5.32 Å². The molecule has 1 aromatic heterocycles. The molecule has 0 spiro atoms. The zero-order chi connectivity index (χ0) is 30.1. The second kappa shape index (κ2) is 11.3. The number of alkyl halides is 3. The van der Waals surface area contributed by atoms with Gasteiger partial charge in [-0.15, -0.1) is 0 Å². The number of benzene rings is 3. The van der Waals surface area contributed by atoms with Crippen molar-refractivity contribution in [2.24, 2.45) is 5.41 Å². The summed E-state index contributed by atoms with van der Waals surface area (Å²) < 4.78 is 60.6. The summed E-state index contributed by atoms with van der Waals surface area (Å²) in [5, 5.41) is 5.38. The number of nitrogens with zero attached hydrogens (tertiary/aromatic N) is 2. The lowest BCUT2D eigenvalue weighted by Crippen LogP contribution is -2.34. The van der Waals surface area contributed by atoms with E-state index in [1.54, 1.807) is 39.8 Å². The maximum absolute atomic E-state index is 15.4. The number of hydrogen-bond donors (Lipinski definition) is 2. The van der Waals surface area contributed by atoms with Crippen molar-refractivity contribution in [3.8, 4) is 11.6 Å². The Bertz CT molecular complexity index is 1650. The SMILES string of the molecule is Cc1nc(Oc2cccc(C(F)(F)F)c2)c2cccc(NC(=O)c3c(Cl)ccc(CNC(=O)C(C)(C)C)c3F)c2n1. The molecule has 0 bridgehead atoms. The minimum atomic E-state index is -4.56. The number of anilines is 1. The van der Waals surface area contributed by atoms with Gasteiger partial charge in [-0.05, 0) is 43.3 Å². The molecule has 0 aliphatic rings. The molecule has 1 heterocycles. The van der Waals surface area contributed by atoms with E-state index in [9.17, 15) is 22.8 Å². The van der Waals surface area contributed by atoms with Gasteiger partial charge in [0.05, 0.1) is 27.2 Å². The Morgan fingerprint density at radius 3 is 2.39 bits per heavy atom. The number of aromatic nitrogens is 2. The third-order valence-corrected chi connectivity index (χ3v) is 6.26. The van der Waals surface area contributed by atoms with Gasteiger partial charge in [0.1, 0.15) is 22.9 Å². The normalized spacial score (nSPS) is 11.8. The quantitative estimate of drug-likeness (QED) is 0.228. The molecule has 7 nitrogen and oxygen atoms in total. The Morgan fingerprint density at radius 2 is 1.71 bits per heavy atom. The van der Waals surface area contributed by atoms with Gasteiger partial charge >= 0.3 is 6.18 Å².